The first-order valence-electron chi connectivity index (χ1n) is 14.8. The van der Waals surface area contributed by atoms with Gasteiger partial charge in [-0.2, -0.15) is 0 Å². The Bertz CT molecular complexity index is 1230. The molecule has 1 aliphatic carbocycles. The Balaban J connectivity index is 1.49. The Kier molecular flexibility index (Phi) is 8.69. The second-order valence-corrected chi connectivity index (χ2v) is 12.8. The number of esters is 1. The number of benzene rings is 2. The number of nitrogens with zero attached hydrogens (tertiary/aromatic N) is 4. The Morgan fingerprint density at radius 3 is 2.48 bits per heavy atom. The number of rotatable bonds is 9. The molecule has 1 saturated heterocycles. The van der Waals surface area contributed by atoms with Gasteiger partial charge in [0.2, 0.25) is 0 Å². The van der Waals surface area contributed by atoms with Gasteiger partial charge in [0.15, 0.2) is 0 Å². The van der Waals surface area contributed by atoms with Crippen LogP contribution in [0.15, 0.2) is 67.0 Å². The SMILES string of the molecule is CC(C)(C)OC(=O)C[C@H]1CCC[C@@H]1[C@](Cn1ccnn1)(c1cccc(F)c1)C1CCN(Cc2ccccc2)CC1. The molecule has 40 heavy (non-hydrogen) atoms. The van der Waals surface area contributed by atoms with Gasteiger partial charge in [-0.3, -0.25) is 14.4 Å². The Morgan fingerprint density at radius 2 is 1.80 bits per heavy atom. The smallest absolute Gasteiger partial charge is 0.306 e. The topological polar surface area (TPSA) is 60.3 Å². The van der Waals surface area contributed by atoms with Crippen molar-refractivity contribution in [1.29, 1.82) is 0 Å². The number of aromatic nitrogens is 3. The molecule has 0 amide bonds. The maximum Gasteiger partial charge on any atom is 0.306 e. The largest absolute Gasteiger partial charge is 0.460 e. The molecule has 214 valence electrons. The van der Waals surface area contributed by atoms with E-state index >= 15 is 0 Å². The van der Waals surface area contributed by atoms with Crippen LogP contribution >= 0.6 is 0 Å². The summed E-state index contributed by atoms with van der Waals surface area (Å²) in [7, 11) is 0. The van der Waals surface area contributed by atoms with Crippen molar-refractivity contribution in [3.8, 4) is 0 Å². The number of ether oxygens (including phenoxy) is 1. The van der Waals surface area contributed by atoms with Crippen LogP contribution in [0.2, 0.25) is 0 Å². The number of likely N-dealkylation sites (tertiary alicyclic amines) is 1. The fourth-order valence-electron chi connectivity index (χ4n) is 7.46. The minimum atomic E-state index is -0.517. The molecule has 7 heteroatoms. The maximum atomic E-state index is 14.9. The molecule has 2 aromatic carbocycles. The van der Waals surface area contributed by atoms with Crippen LogP contribution in [0.25, 0.3) is 0 Å². The van der Waals surface area contributed by atoms with Gasteiger partial charge in [0.1, 0.15) is 11.4 Å². The third-order valence-electron chi connectivity index (χ3n) is 8.99. The van der Waals surface area contributed by atoms with Crippen LogP contribution in [0.4, 0.5) is 4.39 Å². The van der Waals surface area contributed by atoms with Crippen LogP contribution in [0.1, 0.15) is 70.4 Å². The number of hydrogen-bond donors (Lipinski definition) is 0. The fraction of sp³-hybridized carbons (Fsp3) is 0.545. The molecular formula is C33H43FN4O2. The number of piperidine rings is 1. The van der Waals surface area contributed by atoms with Gasteiger partial charge in [0.05, 0.1) is 12.7 Å². The fourth-order valence-corrected chi connectivity index (χ4v) is 7.46. The van der Waals surface area contributed by atoms with Crippen molar-refractivity contribution >= 4 is 5.97 Å². The van der Waals surface area contributed by atoms with E-state index in [2.05, 4.69) is 51.6 Å². The lowest BCUT2D eigenvalue weighted by atomic mass is 9.57. The van der Waals surface area contributed by atoms with Gasteiger partial charge in [-0.1, -0.05) is 54.1 Å². The zero-order valence-corrected chi connectivity index (χ0v) is 24.1. The number of carbonyl (C=O) groups excluding carboxylic acids is 1. The van der Waals surface area contributed by atoms with Gasteiger partial charge in [0.25, 0.3) is 0 Å². The van der Waals surface area contributed by atoms with Crippen molar-refractivity contribution in [1.82, 2.24) is 19.9 Å². The highest BCUT2D eigenvalue weighted by Crippen LogP contribution is 2.54. The highest BCUT2D eigenvalue weighted by Gasteiger charge is 2.52. The van der Waals surface area contributed by atoms with Gasteiger partial charge in [-0.05, 0) is 101 Å². The molecule has 0 bridgehead atoms. The molecule has 0 N–H and O–H groups in total. The van der Waals surface area contributed by atoms with Crippen molar-refractivity contribution in [3.05, 3.63) is 83.9 Å². The number of hydrogen-bond acceptors (Lipinski definition) is 5. The van der Waals surface area contributed by atoms with E-state index in [1.807, 2.05) is 37.7 Å². The molecule has 1 saturated carbocycles. The first kappa shape index (κ1) is 28.5. The van der Waals surface area contributed by atoms with E-state index in [1.54, 1.807) is 12.3 Å². The van der Waals surface area contributed by atoms with Crippen LogP contribution in [-0.2, 0) is 28.0 Å². The summed E-state index contributed by atoms with van der Waals surface area (Å²) < 4.78 is 22.6. The molecule has 0 spiro atoms. The average Bonchev–Trinajstić information content (AvgIpc) is 3.60. The summed E-state index contributed by atoms with van der Waals surface area (Å²) in [5.41, 5.74) is 1.45. The third kappa shape index (κ3) is 6.63. The summed E-state index contributed by atoms with van der Waals surface area (Å²) in [6.07, 6.45) is 9.07. The molecule has 3 atom stereocenters. The van der Waals surface area contributed by atoms with Crippen molar-refractivity contribution < 1.29 is 13.9 Å². The van der Waals surface area contributed by atoms with Crippen molar-refractivity contribution in [2.75, 3.05) is 13.1 Å². The molecule has 1 aliphatic heterocycles. The van der Waals surface area contributed by atoms with E-state index in [-0.39, 0.29) is 29.0 Å². The Morgan fingerprint density at radius 1 is 1.02 bits per heavy atom. The zero-order valence-electron chi connectivity index (χ0n) is 24.1. The van der Waals surface area contributed by atoms with E-state index in [0.29, 0.717) is 18.9 Å². The van der Waals surface area contributed by atoms with Crippen molar-refractivity contribution in [3.63, 3.8) is 0 Å². The lowest BCUT2D eigenvalue weighted by molar-refractivity contribution is -0.156. The van der Waals surface area contributed by atoms with Crippen LogP contribution < -0.4 is 0 Å². The van der Waals surface area contributed by atoms with Crippen LogP contribution in [0, 0.1) is 23.6 Å². The van der Waals surface area contributed by atoms with Gasteiger partial charge < -0.3 is 4.74 Å². The summed E-state index contributed by atoms with van der Waals surface area (Å²) >= 11 is 0. The summed E-state index contributed by atoms with van der Waals surface area (Å²) in [5.74, 6) is 0.329. The average molecular weight is 547 g/mol. The molecule has 2 aliphatic rings. The lowest BCUT2D eigenvalue weighted by Gasteiger charge is -2.50. The Labute approximate surface area is 237 Å². The van der Waals surface area contributed by atoms with Gasteiger partial charge in [-0.15, -0.1) is 5.10 Å². The highest BCUT2D eigenvalue weighted by atomic mass is 19.1. The molecule has 0 radical (unpaired) electrons. The van der Waals surface area contributed by atoms with Crippen LogP contribution in [0.5, 0.6) is 0 Å². The Hall–Kier alpha value is -3.06. The monoisotopic (exact) mass is 546 g/mol. The molecule has 2 heterocycles. The summed E-state index contributed by atoms with van der Waals surface area (Å²) in [5, 5.41) is 8.50. The van der Waals surface area contributed by atoms with Gasteiger partial charge in [0, 0.05) is 24.6 Å². The lowest BCUT2D eigenvalue weighted by Crippen LogP contribution is -2.51. The van der Waals surface area contributed by atoms with E-state index < -0.39 is 5.60 Å². The highest BCUT2D eigenvalue weighted by molar-refractivity contribution is 5.70. The molecule has 3 aromatic rings. The van der Waals surface area contributed by atoms with E-state index in [9.17, 15) is 9.18 Å². The van der Waals surface area contributed by atoms with Crippen molar-refractivity contribution in [2.24, 2.45) is 17.8 Å². The molecule has 1 aromatic heterocycles. The normalized spacial score (nSPS) is 22.2. The number of carbonyl (C=O) groups is 1. The summed E-state index contributed by atoms with van der Waals surface area (Å²) in [6, 6.07) is 17.8. The third-order valence-corrected chi connectivity index (χ3v) is 8.99. The first-order chi connectivity index (χ1) is 19.2. The van der Waals surface area contributed by atoms with Crippen molar-refractivity contribution in [2.45, 2.75) is 83.4 Å². The molecule has 5 rings (SSSR count). The molecule has 6 nitrogen and oxygen atoms in total. The standard InChI is InChI=1S/C33H43FN4O2/c1-32(2,3)40-31(39)21-26-11-7-14-30(26)33(24-38-20-17-35-36-38,28-12-8-13-29(34)22-28)27-15-18-37(19-16-27)23-25-9-5-4-6-10-25/h4-6,8-10,12-13,17,20,22,26-27,30H,7,11,14-16,18-19,21,23-24H2,1-3H3/t26-,30+,33+/m1/s1. The second kappa shape index (κ2) is 12.2. The molecule has 2 fully saturated rings. The summed E-state index contributed by atoms with van der Waals surface area (Å²) in [4.78, 5) is 15.6. The first-order valence-corrected chi connectivity index (χ1v) is 14.8. The maximum absolute atomic E-state index is 14.9. The predicted octanol–water partition coefficient (Wildman–Crippen LogP) is 6.42. The second-order valence-electron chi connectivity index (χ2n) is 12.8. The van der Waals surface area contributed by atoms with Crippen LogP contribution in [-0.4, -0.2) is 44.6 Å². The predicted molar refractivity (Wildman–Crippen MR) is 154 cm³/mol. The molecular weight excluding hydrogens is 503 g/mol. The van der Waals surface area contributed by atoms with Gasteiger partial charge in [-0.25, -0.2) is 4.39 Å². The quantitative estimate of drug-likeness (QED) is 0.290. The van der Waals surface area contributed by atoms with E-state index in [1.165, 1.54) is 11.6 Å². The summed E-state index contributed by atoms with van der Waals surface area (Å²) in [6.45, 7) is 9.28. The van der Waals surface area contributed by atoms with Crippen LogP contribution in [0.3, 0.4) is 0 Å². The van der Waals surface area contributed by atoms with E-state index in [0.717, 1.165) is 57.3 Å². The zero-order chi connectivity index (χ0) is 28.2. The minimum absolute atomic E-state index is 0.143. The molecule has 0 unspecified atom stereocenters. The minimum Gasteiger partial charge on any atom is -0.460 e. The number of halogens is 1. The van der Waals surface area contributed by atoms with E-state index in [4.69, 9.17) is 4.74 Å². The van der Waals surface area contributed by atoms with Gasteiger partial charge >= 0.3 is 5.97 Å².